The van der Waals surface area contributed by atoms with E-state index >= 15 is 0 Å². The maximum atomic E-state index is 12.8. The smallest absolute Gasteiger partial charge is 0.237 e. The Morgan fingerprint density at radius 3 is 2.83 bits per heavy atom. The molecule has 30 heavy (non-hydrogen) atoms. The second-order valence-electron chi connectivity index (χ2n) is 7.87. The number of aromatic nitrogens is 2. The van der Waals surface area contributed by atoms with Crippen molar-refractivity contribution in [3.8, 4) is 5.75 Å². The molecule has 1 aliphatic heterocycles. The zero-order valence-electron chi connectivity index (χ0n) is 18.2. The van der Waals surface area contributed by atoms with Crippen LogP contribution in [0.3, 0.4) is 0 Å². The molecule has 0 saturated carbocycles. The fourth-order valence-corrected chi connectivity index (χ4v) is 3.79. The largest absolute Gasteiger partial charge is 0.496 e. The van der Waals surface area contributed by atoms with Crippen molar-refractivity contribution < 1.29 is 14.3 Å². The fraction of sp³-hybridized carbons (Fsp3) is 0.500. The average Bonchev–Trinajstić information content (AvgIpc) is 3.14. The lowest BCUT2D eigenvalue weighted by Gasteiger charge is -2.35. The Kier molecular flexibility index (Phi) is 7.10. The molecule has 8 nitrogen and oxygen atoms in total. The number of amides is 2. The molecule has 8 heteroatoms. The second-order valence-corrected chi connectivity index (χ2v) is 7.87. The predicted molar refractivity (Wildman–Crippen MR) is 114 cm³/mol. The van der Waals surface area contributed by atoms with Gasteiger partial charge in [0, 0.05) is 46.5 Å². The number of benzene rings is 1. The maximum Gasteiger partial charge on any atom is 0.237 e. The van der Waals surface area contributed by atoms with E-state index in [0.717, 1.165) is 28.9 Å². The number of carbonyl (C=O) groups is 2. The van der Waals surface area contributed by atoms with Crippen LogP contribution in [0.2, 0.25) is 0 Å². The van der Waals surface area contributed by atoms with E-state index in [1.54, 1.807) is 23.7 Å². The van der Waals surface area contributed by atoms with E-state index in [2.05, 4.69) is 21.4 Å². The lowest BCUT2D eigenvalue weighted by atomic mass is 10.0. The molecule has 1 aromatic carbocycles. The molecule has 0 aliphatic carbocycles. The van der Waals surface area contributed by atoms with Gasteiger partial charge in [-0.1, -0.05) is 12.1 Å². The summed E-state index contributed by atoms with van der Waals surface area (Å²) >= 11 is 0. The highest BCUT2D eigenvalue weighted by molar-refractivity contribution is 5.88. The molecule has 0 radical (unpaired) electrons. The molecule has 0 bridgehead atoms. The Bertz CT molecular complexity index is 895. The minimum Gasteiger partial charge on any atom is -0.496 e. The molecule has 1 aliphatic rings. The summed E-state index contributed by atoms with van der Waals surface area (Å²) in [7, 11) is 5.32. The second kappa shape index (κ2) is 9.75. The van der Waals surface area contributed by atoms with Crippen LogP contribution in [-0.2, 0) is 29.6 Å². The zero-order chi connectivity index (χ0) is 21.7. The molecule has 162 valence electrons. The van der Waals surface area contributed by atoms with Gasteiger partial charge in [-0.3, -0.25) is 19.2 Å². The van der Waals surface area contributed by atoms with Crippen molar-refractivity contribution in [2.24, 2.45) is 7.05 Å². The van der Waals surface area contributed by atoms with Crippen molar-refractivity contribution in [2.45, 2.75) is 32.4 Å². The minimum absolute atomic E-state index is 0.0307. The fourth-order valence-electron chi connectivity index (χ4n) is 3.79. The van der Waals surface area contributed by atoms with Gasteiger partial charge in [-0.15, -0.1) is 0 Å². The van der Waals surface area contributed by atoms with E-state index in [1.165, 1.54) is 0 Å². The number of hydrogen-bond acceptors (Lipinski definition) is 5. The molecule has 3 rings (SSSR count). The van der Waals surface area contributed by atoms with Crippen LogP contribution in [0.15, 0.2) is 30.6 Å². The Morgan fingerprint density at radius 1 is 1.37 bits per heavy atom. The summed E-state index contributed by atoms with van der Waals surface area (Å²) in [5.41, 5.74) is 3.24. The molecular formula is C22H31N5O3. The molecule has 1 aromatic heterocycles. The first-order valence-electron chi connectivity index (χ1n) is 10.2. The van der Waals surface area contributed by atoms with Crippen molar-refractivity contribution in [3.63, 3.8) is 0 Å². The van der Waals surface area contributed by atoms with Crippen LogP contribution in [0.1, 0.15) is 23.1 Å². The Labute approximate surface area is 177 Å². The van der Waals surface area contributed by atoms with E-state index in [4.69, 9.17) is 4.74 Å². The molecule has 2 amide bonds. The number of hydrogen-bond donors (Lipinski definition) is 1. The first-order chi connectivity index (χ1) is 14.4. The maximum absolute atomic E-state index is 12.8. The normalized spacial score (nSPS) is 16.9. The summed E-state index contributed by atoms with van der Waals surface area (Å²) in [6, 6.07) is 5.57. The number of likely N-dealkylation sites (N-methyl/N-ethyl adjacent to an activating group) is 1. The Morgan fingerprint density at radius 2 is 2.17 bits per heavy atom. The van der Waals surface area contributed by atoms with Gasteiger partial charge in [-0.25, -0.2) is 0 Å². The first-order valence-corrected chi connectivity index (χ1v) is 10.2. The van der Waals surface area contributed by atoms with Gasteiger partial charge in [0.2, 0.25) is 11.8 Å². The topological polar surface area (TPSA) is 79.7 Å². The number of piperazine rings is 1. The lowest BCUT2D eigenvalue weighted by molar-refractivity contribution is -0.138. The SMILES string of the molecule is COc1ccc(CN2CCNC(=O)[C@H]2CC(=O)N(C)CCc2cnn(C)c2)cc1C. The van der Waals surface area contributed by atoms with Crippen LogP contribution >= 0.6 is 0 Å². The van der Waals surface area contributed by atoms with Gasteiger partial charge in [0.15, 0.2) is 0 Å². The number of methoxy groups -OCH3 is 1. The molecule has 1 N–H and O–H groups in total. The van der Waals surface area contributed by atoms with E-state index in [1.807, 2.05) is 38.5 Å². The van der Waals surface area contributed by atoms with Crippen molar-refractivity contribution in [1.82, 2.24) is 24.9 Å². The van der Waals surface area contributed by atoms with Gasteiger partial charge in [0.1, 0.15) is 5.75 Å². The molecule has 1 saturated heterocycles. The van der Waals surface area contributed by atoms with Crippen LogP contribution in [0, 0.1) is 6.92 Å². The van der Waals surface area contributed by atoms with Gasteiger partial charge in [0.05, 0.1) is 25.8 Å². The van der Waals surface area contributed by atoms with Crippen molar-refractivity contribution in [3.05, 3.63) is 47.3 Å². The quantitative estimate of drug-likeness (QED) is 0.702. The molecule has 0 unspecified atom stereocenters. The summed E-state index contributed by atoms with van der Waals surface area (Å²) < 4.78 is 7.08. The molecule has 1 fully saturated rings. The summed E-state index contributed by atoms with van der Waals surface area (Å²) in [5.74, 6) is 0.731. The molecule has 1 atom stereocenters. The number of aryl methyl sites for hydroxylation is 2. The molecule has 2 aromatic rings. The number of ether oxygens (including phenoxy) is 1. The number of carbonyl (C=O) groups excluding carboxylic acids is 2. The van der Waals surface area contributed by atoms with E-state index in [9.17, 15) is 9.59 Å². The molecular weight excluding hydrogens is 382 g/mol. The Balaban J connectivity index is 1.61. The van der Waals surface area contributed by atoms with Crippen molar-refractivity contribution in [2.75, 3.05) is 33.8 Å². The van der Waals surface area contributed by atoms with Gasteiger partial charge in [0.25, 0.3) is 0 Å². The Hall–Kier alpha value is -2.87. The standard InChI is InChI=1S/C22H31N5O3/c1-16-11-17(5-6-20(16)30-4)15-27-10-8-23-22(29)19(27)12-21(28)25(2)9-7-18-13-24-26(3)14-18/h5-6,11,13-14,19H,7-10,12,15H2,1-4H3,(H,23,29)/t19-/m1/s1. The highest BCUT2D eigenvalue weighted by atomic mass is 16.5. The third-order valence-corrected chi connectivity index (χ3v) is 5.57. The monoisotopic (exact) mass is 413 g/mol. The number of nitrogens with one attached hydrogen (secondary N) is 1. The predicted octanol–water partition coefficient (Wildman–Crippen LogP) is 1.13. The zero-order valence-corrected chi connectivity index (χ0v) is 18.2. The van der Waals surface area contributed by atoms with E-state index in [0.29, 0.717) is 26.2 Å². The highest BCUT2D eigenvalue weighted by Gasteiger charge is 2.32. The van der Waals surface area contributed by atoms with Crippen molar-refractivity contribution >= 4 is 11.8 Å². The lowest BCUT2D eigenvalue weighted by Crippen LogP contribution is -2.56. The minimum atomic E-state index is -0.463. The number of nitrogens with zero attached hydrogens (tertiary/aromatic N) is 4. The van der Waals surface area contributed by atoms with Gasteiger partial charge < -0.3 is 15.0 Å². The van der Waals surface area contributed by atoms with Gasteiger partial charge >= 0.3 is 0 Å². The van der Waals surface area contributed by atoms with Crippen LogP contribution in [-0.4, -0.2) is 71.2 Å². The van der Waals surface area contributed by atoms with E-state index < -0.39 is 6.04 Å². The van der Waals surface area contributed by atoms with Crippen LogP contribution in [0.4, 0.5) is 0 Å². The summed E-state index contributed by atoms with van der Waals surface area (Å²) in [6.07, 6.45) is 4.67. The van der Waals surface area contributed by atoms with E-state index in [-0.39, 0.29) is 18.2 Å². The summed E-state index contributed by atoms with van der Waals surface area (Å²) in [5, 5.41) is 7.06. The first kappa shape index (κ1) is 21.8. The highest BCUT2D eigenvalue weighted by Crippen LogP contribution is 2.21. The van der Waals surface area contributed by atoms with Gasteiger partial charge in [-0.2, -0.15) is 5.10 Å². The average molecular weight is 414 g/mol. The third-order valence-electron chi connectivity index (χ3n) is 5.57. The molecule has 2 heterocycles. The summed E-state index contributed by atoms with van der Waals surface area (Å²) in [4.78, 5) is 29.1. The number of rotatable bonds is 8. The molecule has 0 spiro atoms. The van der Waals surface area contributed by atoms with Gasteiger partial charge in [-0.05, 0) is 36.1 Å². The van der Waals surface area contributed by atoms with Crippen molar-refractivity contribution in [1.29, 1.82) is 0 Å². The van der Waals surface area contributed by atoms with Crippen LogP contribution in [0.25, 0.3) is 0 Å². The summed E-state index contributed by atoms with van der Waals surface area (Å²) in [6.45, 7) is 4.53. The third kappa shape index (κ3) is 5.38. The van der Waals surface area contributed by atoms with Crippen LogP contribution in [0.5, 0.6) is 5.75 Å². The van der Waals surface area contributed by atoms with Crippen LogP contribution < -0.4 is 10.1 Å².